The fraction of sp³-hybridized carbons (Fsp3) is 0.188. The number of esters is 1. The van der Waals surface area contributed by atoms with E-state index >= 15 is 0 Å². The number of para-hydroxylation sites is 1. The number of hydrogen-bond donors (Lipinski definition) is 1. The van der Waals surface area contributed by atoms with E-state index in [-0.39, 0.29) is 23.0 Å². The third-order valence-corrected chi connectivity index (χ3v) is 4.13. The molecule has 8 nitrogen and oxygen atoms in total. The van der Waals surface area contributed by atoms with E-state index in [9.17, 15) is 9.59 Å². The summed E-state index contributed by atoms with van der Waals surface area (Å²) in [6, 6.07) is 8.53. The number of thioether (sulfide) groups is 1. The highest BCUT2D eigenvalue weighted by atomic mass is 32.2. The van der Waals surface area contributed by atoms with Crippen LogP contribution in [-0.2, 0) is 9.53 Å². The van der Waals surface area contributed by atoms with Gasteiger partial charge in [-0.3, -0.25) is 4.79 Å². The van der Waals surface area contributed by atoms with Gasteiger partial charge < -0.3 is 15.4 Å². The molecule has 1 aromatic heterocycles. The van der Waals surface area contributed by atoms with Gasteiger partial charge in [0.15, 0.2) is 5.16 Å². The molecule has 0 saturated heterocycles. The van der Waals surface area contributed by atoms with Crippen molar-refractivity contribution in [2.75, 3.05) is 30.5 Å². The third kappa shape index (κ3) is 4.24. The molecule has 0 aliphatic carbocycles. The summed E-state index contributed by atoms with van der Waals surface area (Å²) < 4.78 is 4.73. The molecule has 0 unspecified atom stereocenters. The zero-order valence-corrected chi connectivity index (χ0v) is 14.4. The molecule has 2 rings (SSSR count). The summed E-state index contributed by atoms with van der Waals surface area (Å²) in [5.74, 6) is -0.673. The number of methoxy groups -OCH3 is 1. The second kappa shape index (κ2) is 8.12. The van der Waals surface area contributed by atoms with E-state index in [4.69, 9.17) is 15.7 Å². The lowest BCUT2D eigenvalue weighted by Crippen LogP contribution is -2.29. The SMILES string of the molecule is COC(=O)c1ccccc1N(C)C(=O)CSc1ncc(C#N)c(N)n1. The maximum atomic E-state index is 12.4. The molecule has 0 aliphatic heterocycles. The summed E-state index contributed by atoms with van der Waals surface area (Å²) in [5.41, 5.74) is 6.54. The highest BCUT2D eigenvalue weighted by molar-refractivity contribution is 7.99. The highest BCUT2D eigenvalue weighted by Crippen LogP contribution is 2.22. The molecule has 0 radical (unpaired) electrons. The molecule has 9 heteroatoms. The van der Waals surface area contributed by atoms with Gasteiger partial charge in [0, 0.05) is 7.05 Å². The molecular formula is C16H15N5O3S. The van der Waals surface area contributed by atoms with Crippen molar-refractivity contribution in [3.8, 4) is 6.07 Å². The van der Waals surface area contributed by atoms with Gasteiger partial charge in [-0.15, -0.1) is 0 Å². The van der Waals surface area contributed by atoms with E-state index in [1.165, 1.54) is 18.2 Å². The molecule has 128 valence electrons. The summed E-state index contributed by atoms with van der Waals surface area (Å²) in [6.07, 6.45) is 1.31. The zero-order chi connectivity index (χ0) is 18.4. The number of ether oxygens (including phenoxy) is 1. The van der Waals surface area contributed by atoms with Gasteiger partial charge in [0.05, 0.1) is 30.3 Å². The molecular weight excluding hydrogens is 342 g/mol. The first-order valence-electron chi connectivity index (χ1n) is 7.07. The van der Waals surface area contributed by atoms with Crippen molar-refractivity contribution >= 4 is 35.1 Å². The van der Waals surface area contributed by atoms with E-state index in [0.717, 1.165) is 11.8 Å². The van der Waals surface area contributed by atoms with Crippen molar-refractivity contribution in [1.29, 1.82) is 5.26 Å². The van der Waals surface area contributed by atoms with Gasteiger partial charge in [0.2, 0.25) is 5.91 Å². The van der Waals surface area contributed by atoms with Gasteiger partial charge in [-0.05, 0) is 12.1 Å². The lowest BCUT2D eigenvalue weighted by molar-refractivity contribution is -0.115. The van der Waals surface area contributed by atoms with Gasteiger partial charge in [-0.1, -0.05) is 23.9 Å². The average Bonchev–Trinajstić information content (AvgIpc) is 2.64. The van der Waals surface area contributed by atoms with E-state index in [0.29, 0.717) is 16.4 Å². The predicted octanol–water partition coefficient (Wildman–Crippen LogP) is 1.47. The molecule has 0 atom stereocenters. The van der Waals surface area contributed by atoms with Crippen LogP contribution in [0.3, 0.4) is 0 Å². The Labute approximate surface area is 148 Å². The van der Waals surface area contributed by atoms with Gasteiger partial charge >= 0.3 is 5.97 Å². The number of anilines is 2. The lowest BCUT2D eigenvalue weighted by atomic mass is 10.1. The molecule has 2 N–H and O–H groups in total. The number of amides is 1. The smallest absolute Gasteiger partial charge is 0.339 e. The van der Waals surface area contributed by atoms with E-state index < -0.39 is 5.97 Å². The fourth-order valence-electron chi connectivity index (χ4n) is 1.94. The summed E-state index contributed by atoms with van der Waals surface area (Å²) in [5, 5.41) is 9.09. The number of carbonyl (C=O) groups is 2. The second-order valence-electron chi connectivity index (χ2n) is 4.81. The van der Waals surface area contributed by atoms with Crippen molar-refractivity contribution in [3.05, 3.63) is 41.6 Å². The number of nitrogens with two attached hydrogens (primary N) is 1. The Balaban J connectivity index is 2.10. The Kier molecular flexibility index (Phi) is 5.92. The first-order chi connectivity index (χ1) is 12.0. The van der Waals surface area contributed by atoms with Gasteiger partial charge in [-0.25, -0.2) is 14.8 Å². The minimum absolute atomic E-state index is 0.0390. The number of benzene rings is 1. The molecule has 0 aliphatic rings. The van der Waals surface area contributed by atoms with Crippen LogP contribution in [0.1, 0.15) is 15.9 Å². The largest absolute Gasteiger partial charge is 0.465 e. The summed E-state index contributed by atoms with van der Waals surface area (Å²) >= 11 is 1.09. The molecule has 0 spiro atoms. The maximum absolute atomic E-state index is 12.4. The van der Waals surface area contributed by atoms with Crippen LogP contribution in [-0.4, -0.2) is 41.8 Å². The Morgan fingerprint density at radius 2 is 2.12 bits per heavy atom. The summed E-state index contributed by atoms with van der Waals surface area (Å²) in [4.78, 5) is 33.5. The third-order valence-electron chi connectivity index (χ3n) is 3.29. The van der Waals surface area contributed by atoms with Gasteiger partial charge in [0.25, 0.3) is 0 Å². The Bertz CT molecular complexity index is 850. The van der Waals surface area contributed by atoms with E-state index in [1.807, 2.05) is 6.07 Å². The van der Waals surface area contributed by atoms with Crippen molar-refractivity contribution < 1.29 is 14.3 Å². The summed E-state index contributed by atoms with van der Waals surface area (Å²) in [7, 11) is 2.85. The van der Waals surface area contributed by atoms with Crippen molar-refractivity contribution in [2.24, 2.45) is 0 Å². The van der Waals surface area contributed by atoms with Crippen LogP contribution < -0.4 is 10.6 Å². The van der Waals surface area contributed by atoms with Crippen LogP contribution >= 0.6 is 11.8 Å². The van der Waals surface area contributed by atoms with Gasteiger partial charge in [-0.2, -0.15) is 5.26 Å². The number of aromatic nitrogens is 2. The first kappa shape index (κ1) is 18.2. The van der Waals surface area contributed by atoms with Crippen LogP contribution in [0, 0.1) is 11.3 Å². The van der Waals surface area contributed by atoms with Crippen molar-refractivity contribution in [2.45, 2.75) is 5.16 Å². The molecule has 0 bridgehead atoms. The minimum atomic E-state index is -0.522. The highest BCUT2D eigenvalue weighted by Gasteiger charge is 2.19. The van der Waals surface area contributed by atoms with Crippen molar-refractivity contribution in [3.63, 3.8) is 0 Å². The summed E-state index contributed by atoms with van der Waals surface area (Å²) in [6.45, 7) is 0. The average molecular weight is 357 g/mol. The Morgan fingerprint density at radius 3 is 2.76 bits per heavy atom. The monoisotopic (exact) mass is 357 g/mol. The maximum Gasteiger partial charge on any atom is 0.339 e. The minimum Gasteiger partial charge on any atom is -0.465 e. The molecule has 1 heterocycles. The quantitative estimate of drug-likeness (QED) is 0.485. The number of nitrogens with zero attached hydrogens (tertiary/aromatic N) is 4. The van der Waals surface area contributed by atoms with E-state index in [1.54, 1.807) is 31.3 Å². The Hall–Kier alpha value is -3.12. The molecule has 25 heavy (non-hydrogen) atoms. The number of nitrogen functional groups attached to an aromatic ring is 1. The van der Waals surface area contributed by atoms with Crippen LogP contribution in [0.2, 0.25) is 0 Å². The standard InChI is InChI=1S/C16H15N5O3S/c1-21(12-6-4-3-5-11(12)15(23)24-2)13(22)9-25-16-19-8-10(7-17)14(18)20-16/h3-6,8H,9H2,1-2H3,(H2,18,19,20). The number of hydrogen-bond acceptors (Lipinski definition) is 8. The molecule has 1 aromatic carbocycles. The van der Waals surface area contributed by atoms with Crippen molar-refractivity contribution in [1.82, 2.24) is 9.97 Å². The number of rotatable bonds is 5. The topological polar surface area (TPSA) is 122 Å². The Morgan fingerprint density at radius 1 is 1.40 bits per heavy atom. The van der Waals surface area contributed by atoms with Gasteiger partial charge in [0.1, 0.15) is 17.5 Å². The number of nitriles is 1. The van der Waals surface area contributed by atoms with Crippen LogP contribution in [0.5, 0.6) is 0 Å². The second-order valence-corrected chi connectivity index (χ2v) is 5.76. The zero-order valence-electron chi connectivity index (χ0n) is 13.6. The molecule has 1 amide bonds. The predicted molar refractivity (Wildman–Crippen MR) is 93.1 cm³/mol. The van der Waals surface area contributed by atoms with Crippen LogP contribution in [0.4, 0.5) is 11.5 Å². The first-order valence-corrected chi connectivity index (χ1v) is 8.05. The normalized spacial score (nSPS) is 9.96. The number of carbonyl (C=O) groups excluding carboxylic acids is 2. The fourth-order valence-corrected chi connectivity index (χ4v) is 2.68. The molecule has 0 fully saturated rings. The van der Waals surface area contributed by atoms with E-state index in [2.05, 4.69) is 9.97 Å². The van der Waals surface area contributed by atoms with Crippen LogP contribution in [0.15, 0.2) is 35.6 Å². The lowest BCUT2D eigenvalue weighted by Gasteiger charge is -2.19. The molecule has 0 saturated carbocycles. The van der Waals surface area contributed by atoms with Crippen LogP contribution in [0.25, 0.3) is 0 Å². The molecule has 2 aromatic rings.